The van der Waals surface area contributed by atoms with Crippen LogP contribution < -0.4 is 4.72 Å². The maximum absolute atomic E-state index is 12.4. The molecule has 0 aliphatic carbocycles. The monoisotopic (exact) mass is 407 g/mol. The number of Topliss-reactive ketones (excluding diaryl/α,β-unsaturated/α-hetero) is 1. The Kier molecular flexibility index (Phi) is 6.85. The molecule has 2 saturated heterocycles. The highest BCUT2D eigenvalue weighted by molar-refractivity contribution is 7.89. The van der Waals surface area contributed by atoms with E-state index >= 15 is 0 Å². The highest BCUT2D eigenvalue weighted by Crippen LogP contribution is 2.21. The summed E-state index contributed by atoms with van der Waals surface area (Å²) in [6.07, 6.45) is 4.70. The van der Waals surface area contributed by atoms with E-state index in [4.69, 9.17) is 0 Å². The van der Waals surface area contributed by atoms with Gasteiger partial charge in [0.1, 0.15) is 0 Å². The van der Waals surface area contributed by atoms with Gasteiger partial charge in [0.15, 0.2) is 5.78 Å². The van der Waals surface area contributed by atoms with Crippen molar-refractivity contribution in [3.8, 4) is 0 Å². The fraction of sp³-hybridized carbons (Fsp3) is 0.600. The lowest BCUT2D eigenvalue weighted by molar-refractivity contribution is -0.132. The number of piperidine rings is 1. The highest BCUT2D eigenvalue weighted by Gasteiger charge is 2.28. The van der Waals surface area contributed by atoms with Crippen molar-refractivity contribution in [2.45, 2.75) is 50.0 Å². The summed E-state index contributed by atoms with van der Waals surface area (Å²) in [5.74, 6) is -0.120. The first-order valence-corrected chi connectivity index (χ1v) is 11.5. The summed E-state index contributed by atoms with van der Waals surface area (Å²) >= 11 is 0. The molecule has 0 atom stereocenters. The van der Waals surface area contributed by atoms with E-state index < -0.39 is 10.0 Å². The summed E-state index contributed by atoms with van der Waals surface area (Å²) in [7, 11) is -3.69. The van der Waals surface area contributed by atoms with Crippen LogP contribution in [-0.4, -0.2) is 68.7 Å². The molecule has 2 aliphatic rings. The summed E-state index contributed by atoms with van der Waals surface area (Å²) in [5.41, 5.74) is 0.464. The average Bonchev–Trinajstić information content (AvgIpc) is 3.23. The van der Waals surface area contributed by atoms with Crippen molar-refractivity contribution in [3.63, 3.8) is 0 Å². The van der Waals surface area contributed by atoms with Crippen molar-refractivity contribution in [1.29, 1.82) is 0 Å². The molecule has 0 aromatic heterocycles. The molecule has 0 bridgehead atoms. The van der Waals surface area contributed by atoms with Crippen molar-refractivity contribution >= 4 is 21.7 Å². The SMILES string of the molecule is CC(=O)c1ccc(S(=O)(=O)NCCC(=O)N2CCC(N3CCCC3)CC2)cc1. The number of sulfonamides is 1. The topological polar surface area (TPSA) is 86.8 Å². The molecular formula is C20H29N3O4S. The van der Waals surface area contributed by atoms with Gasteiger partial charge in [-0.05, 0) is 57.8 Å². The van der Waals surface area contributed by atoms with Gasteiger partial charge in [0.05, 0.1) is 4.90 Å². The van der Waals surface area contributed by atoms with Crippen LogP contribution >= 0.6 is 0 Å². The van der Waals surface area contributed by atoms with Crippen LogP contribution in [-0.2, 0) is 14.8 Å². The molecule has 0 unspecified atom stereocenters. The number of rotatable bonds is 7. The lowest BCUT2D eigenvalue weighted by atomic mass is 10.0. The number of carbonyl (C=O) groups excluding carboxylic acids is 2. The summed E-state index contributed by atoms with van der Waals surface area (Å²) in [6.45, 7) is 5.35. The Morgan fingerprint density at radius 3 is 2.21 bits per heavy atom. The summed E-state index contributed by atoms with van der Waals surface area (Å²) in [6, 6.07) is 6.38. The Bertz CT molecular complexity index is 793. The fourth-order valence-electron chi connectivity index (χ4n) is 3.99. The number of benzene rings is 1. The number of nitrogens with zero attached hydrogens (tertiary/aromatic N) is 2. The minimum atomic E-state index is -3.69. The van der Waals surface area contributed by atoms with E-state index in [1.807, 2.05) is 4.90 Å². The molecule has 0 spiro atoms. The maximum Gasteiger partial charge on any atom is 0.240 e. The smallest absolute Gasteiger partial charge is 0.240 e. The zero-order valence-electron chi connectivity index (χ0n) is 16.4. The van der Waals surface area contributed by atoms with E-state index in [1.165, 1.54) is 57.1 Å². The molecule has 28 heavy (non-hydrogen) atoms. The number of ketones is 1. The van der Waals surface area contributed by atoms with Gasteiger partial charge in [-0.1, -0.05) is 12.1 Å². The van der Waals surface area contributed by atoms with Crippen LogP contribution in [0.3, 0.4) is 0 Å². The first-order chi connectivity index (χ1) is 13.4. The third kappa shape index (κ3) is 5.18. The Balaban J connectivity index is 1.43. The minimum absolute atomic E-state index is 0.00509. The predicted octanol–water partition coefficient (Wildman–Crippen LogP) is 1.64. The van der Waals surface area contributed by atoms with Crippen molar-refractivity contribution in [2.75, 3.05) is 32.7 Å². The summed E-state index contributed by atoms with van der Waals surface area (Å²) < 4.78 is 27.1. The number of amides is 1. The van der Waals surface area contributed by atoms with Gasteiger partial charge in [-0.2, -0.15) is 0 Å². The third-order valence-corrected chi connectivity index (χ3v) is 7.15. The van der Waals surface area contributed by atoms with E-state index in [-0.39, 0.29) is 29.6 Å². The van der Waals surface area contributed by atoms with E-state index in [9.17, 15) is 18.0 Å². The van der Waals surface area contributed by atoms with Crippen molar-refractivity contribution in [1.82, 2.24) is 14.5 Å². The number of likely N-dealkylation sites (tertiary alicyclic amines) is 2. The van der Waals surface area contributed by atoms with Gasteiger partial charge in [-0.3, -0.25) is 9.59 Å². The molecular weight excluding hydrogens is 378 g/mol. The third-order valence-electron chi connectivity index (χ3n) is 5.68. The van der Waals surface area contributed by atoms with Gasteiger partial charge in [0.25, 0.3) is 0 Å². The summed E-state index contributed by atoms with van der Waals surface area (Å²) in [4.78, 5) is 28.2. The van der Waals surface area contributed by atoms with Gasteiger partial charge < -0.3 is 9.80 Å². The second-order valence-electron chi connectivity index (χ2n) is 7.58. The van der Waals surface area contributed by atoms with Gasteiger partial charge in [0.2, 0.25) is 15.9 Å². The first kappa shape index (κ1) is 21.0. The second-order valence-corrected chi connectivity index (χ2v) is 9.35. The van der Waals surface area contributed by atoms with Crippen LogP contribution in [0, 0.1) is 0 Å². The molecule has 3 rings (SSSR count). The largest absolute Gasteiger partial charge is 0.343 e. The first-order valence-electron chi connectivity index (χ1n) is 9.99. The molecule has 8 heteroatoms. The fourth-order valence-corrected chi connectivity index (χ4v) is 5.02. The van der Waals surface area contributed by atoms with Gasteiger partial charge >= 0.3 is 0 Å². The normalized spacial score (nSPS) is 19.1. The highest BCUT2D eigenvalue weighted by atomic mass is 32.2. The summed E-state index contributed by atoms with van der Waals surface area (Å²) in [5, 5.41) is 0. The Labute approximate surface area is 167 Å². The van der Waals surface area contributed by atoms with Crippen LogP contribution in [0.5, 0.6) is 0 Å². The molecule has 1 amide bonds. The average molecular weight is 408 g/mol. The molecule has 0 saturated carbocycles. The Morgan fingerprint density at radius 1 is 1.04 bits per heavy atom. The molecule has 1 aromatic rings. The van der Waals surface area contributed by atoms with E-state index in [0.717, 1.165) is 25.9 Å². The van der Waals surface area contributed by atoms with Crippen LogP contribution in [0.25, 0.3) is 0 Å². The van der Waals surface area contributed by atoms with Gasteiger partial charge in [-0.25, -0.2) is 13.1 Å². The van der Waals surface area contributed by atoms with Gasteiger partial charge in [-0.15, -0.1) is 0 Å². The lowest BCUT2D eigenvalue weighted by Crippen LogP contribution is -2.46. The van der Waals surface area contributed by atoms with Crippen molar-refractivity contribution < 1.29 is 18.0 Å². The van der Waals surface area contributed by atoms with Crippen LogP contribution in [0.1, 0.15) is 49.4 Å². The molecule has 154 valence electrons. The standard InChI is InChI=1S/C20H29N3O4S/c1-16(24)17-4-6-19(7-5-17)28(26,27)21-11-8-20(25)23-14-9-18(10-15-23)22-12-2-3-13-22/h4-7,18,21H,2-3,8-15H2,1H3. The molecule has 2 fully saturated rings. The number of hydrogen-bond acceptors (Lipinski definition) is 5. The molecule has 2 heterocycles. The predicted molar refractivity (Wildman–Crippen MR) is 107 cm³/mol. The van der Waals surface area contributed by atoms with Crippen LogP contribution in [0.2, 0.25) is 0 Å². The molecule has 2 aliphatic heterocycles. The van der Waals surface area contributed by atoms with Gasteiger partial charge in [0, 0.05) is 37.7 Å². The Hall–Kier alpha value is -1.77. The molecule has 1 N–H and O–H groups in total. The zero-order chi connectivity index (χ0) is 20.1. The number of nitrogens with one attached hydrogen (secondary N) is 1. The zero-order valence-corrected chi connectivity index (χ0v) is 17.2. The number of carbonyl (C=O) groups is 2. The Morgan fingerprint density at radius 2 is 1.64 bits per heavy atom. The molecule has 1 aromatic carbocycles. The minimum Gasteiger partial charge on any atom is -0.343 e. The molecule has 7 nitrogen and oxygen atoms in total. The van der Waals surface area contributed by atoms with E-state index in [0.29, 0.717) is 11.6 Å². The van der Waals surface area contributed by atoms with E-state index in [2.05, 4.69) is 9.62 Å². The second kappa shape index (κ2) is 9.15. The van der Waals surface area contributed by atoms with Crippen LogP contribution in [0.4, 0.5) is 0 Å². The molecule has 0 radical (unpaired) electrons. The number of hydrogen-bond donors (Lipinski definition) is 1. The maximum atomic E-state index is 12.4. The van der Waals surface area contributed by atoms with E-state index in [1.54, 1.807) is 0 Å². The van der Waals surface area contributed by atoms with Crippen molar-refractivity contribution in [3.05, 3.63) is 29.8 Å². The quantitative estimate of drug-likeness (QED) is 0.695. The lowest BCUT2D eigenvalue weighted by Gasteiger charge is -2.36. The van der Waals surface area contributed by atoms with Crippen LogP contribution in [0.15, 0.2) is 29.2 Å². The van der Waals surface area contributed by atoms with Crippen molar-refractivity contribution in [2.24, 2.45) is 0 Å².